The lowest BCUT2D eigenvalue weighted by molar-refractivity contribution is 0.485. The molecule has 0 saturated carbocycles. The van der Waals surface area contributed by atoms with Crippen molar-refractivity contribution in [3.63, 3.8) is 0 Å². The van der Waals surface area contributed by atoms with Gasteiger partial charge in [-0.25, -0.2) is 9.37 Å². The molecule has 5 heteroatoms. The maximum absolute atomic E-state index is 13.1. The lowest BCUT2D eigenvalue weighted by Crippen LogP contribution is -2.21. The van der Waals surface area contributed by atoms with Crippen LogP contribution in [-0.2, 0) is 0 Å². The van der Waals surface area contributed by atoms with Crippen LogP contribution in [0.4, 0.5) is 4.39 Å². The number of rotatable bonds is 3. The molecule has 21 heavy (non-hydrogen) atoms. The molecule has 0 bridgehead atoms. The summed E-state index contributed by atoms with van der Waals surface area (Å²) in [7, 11) is 0. The van der Waals surface area contributed by atoms with Crippen LogP contribution in [0.2, 0.25) is 5.15 Å². The van der Waals surface area contributed by atoms with Crippen molar-refractivity contribution in [2.45, 2.75) is 19.4 Å². The van der Waals surface area contributed by atoms with Crippen LogP contribution < -0.4 is 5.43 Å². The topological polar surface area (TPSA) is 37.3 Å². The van der Waals surface area contributed by atoms with Gasteiger partial charge in [0.2, 0.25) is 0 Å². The minimum absolute atomic E-state index is 0.0693. The number of hydrazone groups is 1. The van der Waals surface area contributed by atoms with Gasteiger partial charge in [-0.2, -0.15) is 5.10 Å². The van der Waals surface area contributed by atoms with Crippen LogP contribution in [0, 0.1) is 11.7 Å². The van der Waals surface area contributed by atoms with E-state index in [0.29, 0.717) is 5.15 Å². The number of aromatic nitrogens is 1. The van der Waals surface area contributed by atoms with Gasteiger partial charge in [-0.1, -0.05) is 36.7 Å². The van der Waals surface area contributed by atoms with Crippen LogP contribution in [0.15, 0.2) is 47.7 Å². The van der Waals surface area contributed by atoms with Crippen molar-refractivity contribution < 1.29 is 4.39 Å². The summed E-state index contributed by atoms with van der Waals surface area (Å²) < 4.78 is 13.1. The summed E-state index contributed by atoms with van der Waals surface area (Å²) in [4.78, 5) is 4.13. The van der Waals surface area contributed by atoms with Crippen LogP contribution in [0.3, 0.4) is 0 Å². The molecule has 1 aliphatic heterocycles. The van der Waals surface area contributed by atoms with E-state index in [1.54, 1.807) is 24.4 Å². The fourth-order valence-corrected chi connectivity index (χ4v) is 2.79. The van der Waals surface area contributed by atoms with E-state index in [1.165, 1.54) is 12.1 Å². The minimum atomic E-state index is -0.239. The maximum Gasteiger partial charge on any atom is 0.129 e. The van der Waals surface area contributed by atoms with E-state index >= 15 is 0 Å². The molecule has 2 unspecified atom stereocenters. The van der Waals surface area contributed by atoms with Crippen LogP contribution in [-0.4, -0.2) is 10.7 Å². The monoisotopic (exact) mass is 303 g/mol. The van der Waals surface area contributed by atoms with Gasteiger partial charge in [-0.05, 0) is 35.7 Å². The van der Waals surface area contributed by atoms with E-state index in [4.69, 9.17) is 11.6 Å². The standard InChI is InChI=1S/C16H15ClFN3/c1-2-13-15(10-3-6-12(18)7-4-10)20-21-16(13)11-5-8-14(17)19-9-11/h3-9,13,16,21H,2H2,1H3. The van der Waals surface area contributed by atoms with Crippen LogP contribution in [0.25, 0.3) is 0 Å². The van der Waals surface area contributed by atoms with E-state index in [-0.39, 0.29) is 17.8 Å². The summed E-state index contributed by atoms with van der Waals surface area (Å²) in [6.07, 6.45) is 2.70. The second-order valence-electron chi connectivity index (χ2n) is 5.04. The van der Waals surface area contributed by atoms with Crippen molar-refractivity contribution in [2.24, 2.45) is 11.0 Å². The highest BCUT2D eigenvalue weighted by Crippen LogP contribution is 2.32. The molecule has 2 heterocycles. The number of nitrogens with one attached hydrogen (secondary N) is 1. The molecule has 0 saturated heterocycles. The molecule has 1 N–H and O–H groups in total. The molecule has 1 aromatic carbocycles. The first-order valence-electron chi connectivity index (χ1n) is 6.89. The average Bonchev–Trinajstić information content (AvgIpc) is 2.92. The molecule has 1 aliphatic rings. The maximum atomic E-state index is 13.1. The quantitative estimate of drug-likeness (QED) is 0.872. The second kappa shape index (κ2) is 5.82. The third-order valence-electron chi connectivity index (χ3n) is 3.77. The highest BCUT2D eigenvalue weighted by molar-refractivity contribution is 6.29. The summed E-state index contributed by atoms with van der Waals surface area (Å²) in [6, 6.07) is 10.3. The summed E-state index contributed by atoms with van der Waals surface area (Å²) in [5.41, 5.74) is 6.12. The molecular weight excluding hydrogens is 289 g/mol. The van der Waals surface area contributed by atoms with Gasteiger partial charge in [0.1, 0.15) is 11.0 Å². The van der Waals surface area contributed by atoms with E-state index < -0.39 is 0 Å². The van der Waals surface area contributed by atoms with Crippen LogP contribution >= 0.6 is 11.6 Å². The highest BCUT2D eigenvalue weighted by Gasteiger charge is 2.32. The molecule has 0 aliphatic carbocycles. The van der Waals surface area contributed by atoms with Crippen molar-refractivity contribution in [1.29, 1.82) is 0 Å². The molecule has 2 aromatic rings. The van der Waals surface area contributed by atoms with Crippen molar-refractivity contribution in [3.05, 3.63) is 64.7 Å². The lowest BCUT2D eigenvalue weighted by atomic mass is 9.86. The molecule has 3 rings (SSSR count). The Labute approximate surface area is 127 Å². The highest BCUT2D eigenvalue weighted by atomic mass is 35.5. The molecular formula is C16H15ClFN3. The predicted octanol–water partition coefficient (Wildman–Crippen LogP) is 3.95. The normalized spacial score (nSPS) is 21.0. The summed E-state index contributed by atoms with van der Waals surface area (Å²) in [5.74, 6) is -0.0183. The number of nitrogens with zero attached hydrogens (tertiary/aromatic N) is 2. The van der Waals surface area contributed by atoms with Crippen molar-refractivity contribution in [2.75, 3.05) is 0 Å². The minimum Gasteiger partial charge on any atom is -0.302 e. The third kappa shape index (κ3) is 2.76. The van der Waals surface area contributed by atoms with E-state index in [1.807, 2.05) is 6.07 Å². The Kier molecular flexibility index (Phi) is 3.88. The molecule has 0 fully saturated rings. The molecule has 0 spiro atoms. The summed E-state index contributed by atoms with van der Waals surface area (Å²) in [6.45, 7) is 2.12. The van der Waals surface area contributed by atoms with Crippen LogP contribution in [0.5, 0.6) is 0 Å². The first-order valence-corrected chi connectivity index (χ1v) is 7.27. The fourth-order valence-electron chi connectivity index (χ4n) is 2.68. The first-order chi connectivity index (χ1) is 10.2. The molecule has 108 valence electrons. The zero-order valence-electron chi connectivity index (χ0n) is 11.6. The Morgan fingerprint density at radius 2 is 1.95 bits per heavy atom. The fraction of sp³-hybridized carbons (Fsp3) is 0.250. The zero-order valence-corrected chi connectivity index (χ0v) is 12.3. The van der Waals surface area contributed by atoms with Gasteiger partial charge in [-0.15, -0.1) is 0 Å². The molecule has 0 amide bonds. The number of halogens is 2. The Morgan fingerprint density at radius 1 is 1.19 bits per heavy atom. The number of hydrogen-bond donors (Lipinski definition) is 1. The number of hydrogen-bond acceptors (Lipinski definition) is 3. The zero-order chi connectivity index (χ0) is 14.8. The lowest BCUT2D eigenvalue weighted by Gasteiger charge is -2.19. The average molecular weight is 304 g/mol. The Morgan fingerprint density at radius 3 is 2.57 bits per heavy atom. The second-order valence-corrected chi connectivity index (χ2v) is 5.43. The van der Waals surface area contributed by atoms with Gasteiger partial charge in [0.15, 0.2) is 0 Å². The molecule has 0 radical (unpaired) electrons. The van der Waals surface area contributed by atoms with Crippen molar-refractivity contribution in [3.8, 4) is 0 Å². The van der Waals surface area contributed by atoms with Gasteiger partial charge in [0.25, 0.3) is 0 Å². The SMILES string of the molecule is CCC1C(c2ccc(F)cc2)=NNC1c1ccc(Cl)nc1. The summed E-state index contributed by atoms with van der Waals surface area (Å²) >= 11 is 5.83. The predicted molar refractivity (Wildman–Crippen MR) is 81.8 cm³/mol. The molecule has 1 aromatic heterocycles. The van der Waals surface area contributed by atoms with Gasteiger partial charge in [0.05, 0.1) is 11.8 Å². The Balaban J connectivity index is 1.88. The van der Waals surface area contributed by atoms with Gasteiger partial charge >= 0.3 is 0 Å². The van der Waals surface area contributed by atoms with Gasteiger partial charge in [0, 0.05) is 12.1 Å². The van der Waals surface area contributed by atoms with Gasteiger partial charge in [-0.3, -0.25) is 0 Å². The van der Waals surface area contributed by atoms with E-state index in [2.05, 4.69) is 22.4 Å². The van der Waals surface area contributed by atoms with E-state index in [0.717, 1.165) is 23.3 Å². The number of benzene rings is 1. The first kappa shape index (κ1) is 14.0. The van der Waals surface area contributed by atoms with Crippen molar-refractivity contribution in [1.82, 2.24) is 10.4 Å². The largest absolute Gasteiger partial charge is 0.302 e. The molecule has 2 atom stereocenters. The van der Waals surface area contributed by atoms with E-state index in [9.17, 15) is 4.39 Å². The number of pyridine rings is 1. The summed E-state index contributed by atoms with van der Waals surface area (Å²) in [5, 5.41) is 4.93. The van der Waals surface area contributed by atoms with Crippen LogP contribution in [0.1, 0.15) is 30.5 Å². The van der Waals surface area contributed by atoms with Crippen molar-refractivity contribution >= 4 is 17.3 Å². The Hall–Kier alpha value is -1.94. The van der Waals surface area contributed by atoms with Gasteiger partial charge < -0.3 is 5.43 Å². The Bertz CT molecular complexity index is 652. The third-order valence-corrected chi connectivity index (χ3v) is 3.99. The molecule has 3 nitrogen and oxygen atoms in total. The smallest absolute Gasteiger partial charge is 0.129 e.